The SMILES string of the molecule is CCCCCc1cccc(Oc2ccccc2)c1. The van der Waals surface area contributed by atoms with Gasteiger partial charge in [-0.05, 0) is 42.7 Å². The van der Waals surface area contributed by atoms with Crippen molar-refractivity contribution in [1.29, 1.82) is 0 Å². The highest BCUT2D eigenvalue weighted by Crippen LogP contribution is 2.22. The van der Waals surface area contributed by atoms with Gasteiger partial charge in [0.1, 0.15) is 11.5 Å². The highest BCUT2D eigenvalue weighted by molar-refractivity contribution is 5.33. The largest absolute Gasteiger partial charge is 0.457 e. The van der Waals surface area contributed by atoms with Crippen LogP contribution in [0.4, 0.5) is 0 Å². The molecule has 0 aromatic heterocycles. The van der Waals surface area contributed by atoms with Gasteiger partial charge in [0.15, 0.2) is 0 Å². The lowest BCUT2D eigenvalue weighted by molar-refractivity contribution is 0.482. The van der Waals surface area contributed by atoms with Gasteiger partial charge in [-0.1, -0.05) is 50.1 Å². The minimum atomic E-state index is 0.892. The quantitative estimate of drug-likeness (QED) is 0.630. The molecule has 0 bridgehead atoms. The van der Waals surface area contributed by atoms with Crippen molar-refractivity contribution < 1.29 is 4.74 Å². The van der Waals surface area contributed by atoms with E-state index in [0.29, 0.717) is 0 Å². The molecule has 0 fully saturated rings. The number of aryl methyl sites for hydroxylation is 1. The fourth-order valence-electron chi connectivity index (χ4n) is 1.97. The Hall–Kier alpha value is -1.76. The van der Waals surface area contributed by atoms with Crippen LogP contribution in [-0.4, -0.2) is 0 Å². The summed E-state index contributed by atoms with van der Waals surface area (Å²) in [6.45, 7) is 2.23. The third kappa shape index (κ3) is 3.92. The molecular weight excluding hydrogens is 220 g/mol. The molecule has 0 amide bonds. The molecule has 1 nitrogen and oxygen atoms in total. The van der Waals surface area contributed by atoms with Gasteiger partial charge in [-0.25, -0.2) is 0 Å². The van der Waals surface area contributed by atoms with Crippen LogP contribution in [0.1, 0.15) is 31.7 Å². The second-order valence-corrected chi connectivity index (χ2v) is 4.52. The van der Waals surface area contributed by atoms with E-state index in [-0.39, 0.29) is 0 Å². The molecule has 0 aliphatic carbocycles. The van der Waals surface area contributed by atoms with Gasteiger partial charge in [0, 0.05) is 0 Å². The zero-order valence-corrected chi connectivity index (χ0v) is 10.9. The molecule has 0 aliphatic rings. The Balaban J connectivity index is 1.99. The smallest absolute Gasteiger partial charge is 0.127 e. The molecule has 0 aliphatic heterocycles. The fourth-order valence-corrected chi connectivity index (χ4v) is 1.97. The van der Waals surface area contributed by atoms with Gasteiger partial charge in [0.05, 0.1) is 0 Å². The lowest BCUT2D eigenvalue weighted by Gasteiger charge is -2.07. The molecule has 0 saturated carbocycles. The van der Waals surface area contributed by atoms with Crippen molar-refractivity contribution >= 4 is 0 Å². The Labute approximate surface area is 109 Å². The molecule has 2 rings (SSSR count). The standard InChI is InChI=1S/C17H20O/c1-2-3-5-9-15-10-8-13-17(14-15)18-16-11-6-4-7-12-16/h4,6-8,10-14H,2-3,5,9H2,1H3. The lowest BCUT2D eigenvalue weighted by Crippen LogP contribution is -1.88. The summed E-state index contributed by atoms with van der Waals surface area (Å²) < 4.78 is 5.83. The average molecular weight is 240 g/mol. The lowest BCUT2D eigenvalue weighted by atomic mass is 10.1. The van der Waals surface area contributed by atoms with E-state index in [9.17, 15) is 0 Å². The van der Waals surface area contributed by atoms with E-state index >= 15 is 0 Å². The summed E-state index contributed by atoms with van der Waals surface area (Å²) in [7, 11) is 0. The van der Waals surface area contributed by atoms with Crippen LogP contribution >= 0.6 is 0 Å². The Morgan fingerprint density at radius 3 is 2.39 bits per heavy atom. The first-order valence-corrected chi connectivity index (χ1v) is 6.70. The van der Waals surface area contributed by atoms with Crippen LogP contribution in [0, 0.1) is 0 Å². The Kier molecular flexibility index (Phi) is 4.83. The van der Waals surface area contributed by atoms with Crippen molar-refractivity contribution in [3.8, 4) is 11.5 Å². The van der Waals surface area contributed by atoms with Crippen LogP contribution in [-0.2, 0) is 6.42 Å². The van der Waals surface area contributed by atoms with E-state index in [1.165, 1.54) is 24.8 Å². The van der Waals surface area contributed by atoms with E-state index in [2.05, 4.69) is 25.1 Å². The Bertz CT molecular complexity index is 462. The molecule has 1 heteroatoms. The predicted molar refractivity (Wildman–Crippen MR) is 76.2 cm³/mol. The number of para-hydroxylation sites is 1. The first kappa shape index (κ1) is 12.7. The van der Waals surface area contributed by atoms with Crippen molar-refractivity contribution in [2.24, 2.45) is 0 Å². The van der Waals surface area contributed by atoms with Gasteiger partial charge < -0.3 is 4.74 Å². The monoisotopic (exact) mass is 240 g/mol. The average Bonchev–Trinajstić information content (AvgIpc) is 2.41. The van der Waals surface area contributed by atoms with Crippen molar-refractivity contribution in [3.05, 3.63) is 60.2 Å². The molecule has 0 heterocycles. The fraction of sp³-hybridized carbons (Fsp3) is 0.294. The van der Waals surface area contributed by atoms with Crippen LogP contribution < -0.4 is 4.74 Å². The number of unbranched alkanes of at least 4 members (excludes halogenated alkanes) is 2. The van der Waals surface area contributed by atoms with Crippen molar-refractivity contribution in [2.75, 3.05) is 0 Å². The number of benzene rings is 2. The van der Waals surface area contributed by atoms with E-state index in [4.69, 9.17) is 4.74 Å². The zero-order chi connectivity index (χ0) is 12.6. The first-order valence-electron chi connectivity index (χ1n) is 6.70. The van der Waals surface area contributed by atoms with Crippen molar-refractivity contribution in [1.82, 2.24) is 0 Å². The molecule has 0 radical (unpaired) electrons. The van der Waals surface area contributed by atoms with Crippen molar-refractivity contribution in [2.45, 2.75) is 32.6 Å². The summed E-state index contributed by atoms with van der Waals surface area (Å²) in [5.41, 5.74) is 1.36. The highest BCUT2D eigenvalue weighted by atomic mass is 16.5. The molecule has 0 saturated heterocycles. The number of hydrogen-bond donors (Lipinski definition) is 0. The maximum absolute atomic E-state index is 5.83. The summed E-state index contributed by atoms with van der Waals surface area (Å²) in [4.78, 5) is 0. The molecule has 0 atom stereocenters. The van der Waals surface area contributed by atoms with Gasteiger partial charge in [-0.15, -0.1) is 0 Å². The maximum atomic E-state index is 5.83. The van der Waals surface area contributed by atoms with E-state index in [1.807, 2.05) is 36.4 Å². The predicted octanol–water partition coefficient (Wildman–Crippen LogP) is 5.21. The zero-order valence-electron chi connectivity index (χ0n) is 10.9. The summed E-state index contributed by atoms with van der Waals surface area (Å²) in [5.74, 6) is 1.82. The first-order chi connectivity index (χ1) is 8.88. The second kappa shape index (κ2) is 6.85. The van der Waals surface area contributed by atoms with E-state index < -0.39 is 0 Å². The molecule has 2 aromatic rings. The van der Waals surface area contributed by atoms with Crippen LogP contribution in [0.2, 0.25) is 0 Å². The molecule has 94 valence electrons. The number of hydrogen-bond acceptors (Lipinski definition) is 1. The minimum Gasteiger partial charge on any atom is -0.457 e. The van der Waals surface area contributed by atoms with Gasteiger partial charge in [-0.2, -0.15) is 0 Å². The van der Waals surface area contributed by atoms with Gasteiger partial charge >= 0.3 is 0 Å². The third-order valence-electron chi connectivity index (χ3n) is 2.95. The molecule has 18 heavy (non-hydrogen) atoms. The van der Waals surface area contributed by atoms with Crippen molar-refractivity contribution in [3.63, 3.8) is 0 Å². The molecule has 0 spiro atoms. The number of ether oxygens (including phenoxy) is 1. The second-order valence-electron chi connectivity index (χ2n) is 4.52. The summed E-state index contributed by atoms with van der Waals surface area (Å²) in [5, 5.41) is 0. The van der Waals surface area contributed by atoms with Crippen LogP contribution in [0.15, 0.2) is 54.6 Å². The molecule has 2 aromatic carbocycles. The van der Waals surface area contributed by atoms with Gasteiger partial charge in [-0.3, -0.25) is 0 Å². The topological polar surface area (TPSA) is 9.23 Å². The molecule has 0 N–H and O–H groups in total. The molecular formula is C17H20O. The number of rotatable bonds is 6. The van der Waals surface area contributed by atoms with Gasteiger partial charge in [0.25, 0.3) is 0 Å². The van der Waals surface area contributed by atoms with Crippen LogP contribution in [0.25, 0.3) is 0 Å². The van der Waals surface area contributed by atoms with Crippen LogP contribution in [0.5, 0.6) is 11.5 Å². The summed E-state index contributed by atoms with van der Waals surface area (Å²) >= 11 is 0. The normalized spacial score (nSPS) is 10.3. The van der Waals surface area contributed by atoms with E-state index in [1.54, 1.807) is 0 Å². The molecule has 0 unspecified atom stereocenters. The highest BCUT2D eigenvalue weighted by Gasteiger charge is 1.98. The third-order valence-corrected chi connectivity index (χ3v) is 2.95. The van der Waals surface area contributed by atoms with Crippen LogP contribution in [0.3, 0.4) is 0 Å². The Morgan fingerprint density at radius 1 is 0.833 bits per heavy atom. The Morgan fingerprint density at radius 2 is 1.61 bits per heavy atom. The summed E-state index contributed by atoms with van der Waals surface area (Å²) in [6, 6.07) is 18.3. The van der Waals surface area contributed by atoms with Gasteiger partial charge in [0.2, 0.25) is 0 Å². The summed E-state index contributed by atoms with van der Waals surface area (Å²) in [6.07, 6.45) is 4.95. The van der Waals surface area contributed by atoms with E-state index in [0.717, 1.165) is 17.9 Å². The minimum absolute atomic E-state index is 0.892. The maximum Gasteiger partial charge on any atom is 0.127 e.